The minimum atomic E-state index is -0.741. The summed E-state index contributed by atoms with van der Waals surface area (Å²) in [5.41, 5.74) is 7.40. The second-order valence-corrected chi connectivity index (χ2v) is 6.92. The van der Waals surface area contributed by atoms with E-state index in [4.69, 9.17) is 5.73 Å². The number of hydrogen-bond acceptors (Lipinski definition) is 4. The van der Waals surface area contributed by atoms with Crippen molar-refractivity contribution in [3.05, 3.63) is 42.6 Å². The molecule has 2 rings (SSSR count). The van der Waals surface area contributed by atoms with Gasteiger partial charge in [-0.1, -0.05) is 0 Å². The van der Waals surface area contributed by atoms with Crippen LogP contribution < -0.4 is 5.73 Å². The lowest BCUT2D eigenvalue weighted by atomic mass is 10.1. The van der Waals surface area contributed by atoms with Crippen molar-refractivity contribution in [2.75, 3.05) is 5.73 Å². The zero-order valence-corrected chi connectivity index (χ0v) is 12.9. The summed E-state index contributed by atoms with van der Waals surface area (Å²) >= 11 is 8.27. The van der Waals surface area contributed by atoms with E-state index in [1.54, 1.807) is 6.20 Å². The van der Waals surface area contributed by atoms with Crippen LogP contribution in [0.25, 0.3) is 0 Å². The monoisotopic (exact) mass is 376 g/mol. The topological polar surface area (TPSA) is 59.1 Å². The molecule has 0 aliphatic rings. The molecule has 6 heteroatoms. The van der Waals surface area contributed by atoms with Crippen LogP contribution in [0.15, 0.2) is 26.6 Å². The molecule has 0 amide bonds. The third-order valence-corrected chi connectivity index (χ3v) is 5.62. The van der Waals surface area contributed by atoms with Crippen LogP contribution in [0.2, 0.25) is 0 Å². The summed E-state index contributed by atoms with van der Waals surface area (Å²) in [5, 5.41) is 10.3. The number of aryl methyl sites for hydroxylation is 1. The van der Waals surface area contributed by atoms with Crippen LogP contribution in [0.5, 0.6) is 0 Å². The molecule has 2 heterocycles. The van der Waals surface area contributed by atoms with Crippen molar-refractivity contribution in [1.29, 1.82) is 0 Å². The predicted octanol–water partition coefficient (Wildman–Crippen LogP) is 3.64. The van der Waals surface area contributed by atoms with Gasteiger partial charge < -0.3 is 10.8 Å². The van der Waals surface area contributed by atoms with E-state index in [1.807, 2.05) is 19.1 Å². The average molecular weight is 378 g/mol. The molecule has 0 saturated carbocycles. The number of rotatable bonds is 2. The Labute approximate surface area is 120 Å². The van der Waals surface area contributed by atoms with Crippen molar-refractivity contribution in [3.8, 4) is 0 Å². The summed E-state index contributed by atoms with van der Waals surface area (Å²) in [6.07, 6.45) is 0.946. The van der Waals surface area contributed by atoms with E-state index in [1.165, 1.54) is 11.3 Å². The van der Waals surface area contributed by atoms with Gasteiger partial charge in [-0.05, 0) is 56.5 Å². The highest BCUT2D eigenvalue weighted by molar-refractivity contribution is 9.13. The number of anilines is 1. The molecule has 1 atom stereocenters. The first-order valence-electron chi connectivity index (χ1n) is 4.84. The summed E-state index contributed by atoms with van der Waals surface area (Å²) in [4.78, 5) is 4.88. The third kappa shape index (κ3) is 2.70. The number of aliphatic hydroxyl groups excluding tert-OH is 1. The van der Waals surface area contributed by atoms with Crippen LogP contribution in [0.4, 0.5) is 5.82 Å². The Morgan fingerprint density at radius 2 is 2.12 bits per heavy atom. The van der Waals surface area contributed by atoms with Crippen molar-refractivity contribution in [2.45, 2.75) is 13.0 Å². The molecule has 0 aromatic carbocycles. The van der Waals surface area contributed by atoms with Crippen molar-refractivity contribution in [1.82, 2.24) is 4.98 Å². The molecule has 2 aromatic heterocycles. The molecule has 0 spiro atoms. The lowest BCUT2D eigenvalue weighted by Crippen LogP contribution is -2.04. The Hall–Kier alpha value is -0.430. The number of aromatic nitrogens is 1. The number of nitrogens with two attached hydrogens (primary N) is 1. The van der Waals surface area contributed by atoms with E-state index in [9.17, 15) is 5.11 Å². The maximum absolute atomic E-state index is 10.3. The Balaban J connectivity index is 2.42. The molecule has 1 unspecified atom stereocenters. The molecule has 17 heavy (non-hydrogen) atoms. The summed E-state index contributed by atoms with van der Waals surface area (Å²) in [7, 11) is 0. The molecule has 0 bridgehead atoms. The maximum Gasteiger partial charge on any atom is 0.129 e. The summed E-state index contributed by atoms with van der Waals surface area (Å²) in [6, 6.07) is 3.73. The standard InChI is InChI=1S/C11H10Br2N2OS/c1-5-2-6(11(14)15-4-5)9(16)8-3-7(12)10(13)17-8/h2-4,9,16H,1H3,(H2,14,15). The summed E-state index contributed by atoms with van der Waals surface area (Å²) < 4.78 is 1.88. The number of aliphatic hydroxyl groups is 1. The molecule has 0 radical (unpaired) electrons. The van der Waals surface area contributed by atoms with Crippen LogP contribution in [-0.4, -0.2) is 10.1 Å². The van der Waals surface area contributed by atoms with E-state index in [2.05, 4.69) is 36.8 Å². The van der Waals surface area contributed by atoms with Gasteiger partial charge in [0.1, 0.15) is 11.9 Å². The van der Waals surface area contributed by atoms with Crippen molar-refractivity contribution >= 4 is 49.0 Å². The number of halogens is 2. The Morgan fingerprint density at radius 1 is 1.41 bits per heavy atom. The molecule has 0 saturated heterocycles. The molecular formula is C11H10Br2N2OS. The third-order valence-electron chi connectivity index (χ3n) is 2.31. The number of hydrogen-bond donors (Lipinski definition) is 2. The first-order chi connectivity index (χ1) is 7.99. The summed E-state index contributed by atoms with van der Waals surface area (Å²) in [6.45, 7) is 1.92. The molecule has 0 aliphatic heterocycles. The number of thiophene rings is 1. The van der Waals surface area contributed by atoms with Gasteiger partial charge in [0, 0.05) is 21.1 Å². The van der Waals surface area contributed by atoms with E-state index in [0.29, 0.717) is 11.4 Å². The predicted molar refractivity (Wildman–Crippen MR) is 77.2 cm³/mol. The first-order valence-corrected chi connectivity index (χ1v) is 7.24. The van der Waals surface area contributed by atoms with Gasteiger partial charge in [0.25, 0.3) is 0 Å². The Morgan fingerprint density at radius 3 is 2.71 bits per heavy atom. The van der Waals surface area contributed by atoms with Gasteiger partial charge in [-0.25, -0.2) is 4.98 Å². The second-order valence-electron chi connectivity index (χ2n) is 3.66. The quantitative estimate of drug-likeness (QED) is 0.839. The zero-order valence-electron chi connectivity index (χ0n) is 8.95. The van der Waals surface area contributed by atoms with Gasteiger partial charge in [-0.3, -0.25) is 0 Å². The van der Waals surface area contributed by atoms with Crippen LogP contribution in [0, 0.1) is 6.92 Å². The molecule has 0 fully saturated rings. The number of pyridine rings is 1. The molecule has 3 N–H and O–H groups in total. The van der Waals surface area contributed by atoms with Crippen molar-refractivity contribution in [3.63, 3.8) is 0 Å². The zero-order chi connectivity index (χ0) is 12.6. The van der Waals surface area contributed by atoms with E-state index in [0.717, 1.165) is 18.7 Å². The largest absolute Gasteiger partial charge is 0.383 e. The van der Waals surface area contributed by atoms with Crippen LogP contribution in [0.1, 0.15) is 22.1 Å². The molecule has 2 aromatic rings. The molecule has 90 valence electrons. The average Bonchev–Trinajstić information content (AvgIpc) is 2.62. The molecule has 3 nitrogen and oxygen atoms in total. The highest BCUT2D eigenvalue weighted by Gasteiger charge is 2.18. The molecular weight excluding hydrogens is 368 g/mol. The van der Waals surface area contributed by atoms with Gasteiger partial charge in [-0.2, -0.15) is 0 Å². The van der Waals surface area contributed by atoms with Crippen LogP contribution in [-0.2, 0) is 0 Å². The second kappa shape index (κ2) is 5.06. The van der Waals surface area contributed by atoms with Crippen molar-refractivity contribution in [2.24, 2.45) is 0 Å². The van der Waals surface area contributed by atoms with Gasteiger partial charge in [-0.15, -0.1) is 11.3 Å². The smallest absolute Gasteiger partial charge is 0.129 e. The fourth-order valence-corrected chi connectivity index (χ4v) is 3.57. The fraction of sp³-hybridized carbons (Fsp3) is 0.182. The van der Waals surface area contributed by atoms with Gasteiger partial charge >= 0.3 is 0 Å². The van der Waals surface area contributed by atoms with Crippen LogP contribution in [0.3, 0.4) is 0 Å². The highest BCUT2D eigenvalue weighted by Crippen LogP contribution is 2.38. The van der Waals surface area contributed by atoms with Crippen molar-refractivity contribution < 1.29 is 5.11 Å². The Bertz CT molecular complexity index is 537. The van der Waals surface area contributed by atoms with E-state index < -0.39 is 6.10 Å². The number of nitrogen functional groups attached to an aromatic ring is 1. The van der Waals surface area contributed by atoms with Gasteiger partial charge in [0.2, 0.25) is 0 Å². The number of nitrogens with zero attached hydrogens (tertiary/aromatic N) is 1. The molecule has 0 aliphatic carbocycles. The minimum absolute atomic E-state index is 0.365. The lowest BCUT2D eigenvalue weighted by Gasteiger charge is -2.11. The summed E-state index contributed by atoms with van der Waals surface area (Å²) in [5.74, 6) is 0.365. The first kappa shape index (κ1) is 13.0. The lowest BCUT2D eigenvalue weighted by molar-refractivity contribution is 0.224. The normalized spacial score (nSPS) is 12.7. The highest BCUT2D eigenvalue weighted by atomic mass is 79.9. The van der Waals surface area contributed by atoms with E-state index >= 15 is 0 Å². The van der Waals surface area contributed by atoms with E-state index in [-0.39, 0.29) is 0 Å². The van der Waals surface area contributed by atoms with Crippen LogP contribution >= 0.6 is 43.2 Å². The SMILES string of the molecule is Cc1cnc(N)c(C(O)c2cc(Br)c(Br)s2)c1. The minimum Gasteiger partial charge on any atom is -0.383 e. The maximum atomic E-state index is 10.3. The van der Waals surface area contributed by atoms with Gasteiger partial charge in [0.15, 0.2) is 0 Å². The van der Waals surface area contributed by atoms with Gasteiger partial charge in [0.05, 0.1) is 3.79 Å². The fourth-order valence-electron chi connectivity index (χ4n) is 1.47. The Kier molecular flexibility index (Phi) is 3.87.